The van der Waals surface area contributed by atoms with E-state index in [1.54, 1.807) is 48.5 Å². The molecule has 0 radical (unpaired) electrons. The number of benzene rings is 2. The summed E-state index contributed by atoms with van der Waals surface area (Å²) in [6.45, 7) is 3.94. The largest absolute Gasteiger partial charge is 0.350 e. The summed E-state index contributed by atoms with van der Waals surface area (Å²) in [4.78, 5) is 24.4. The molecule has 0 aliphatic heterocycles. The van der Waals surface area contributed by atoms with E-state index in [4.69, 9.17) is 11.6 Å². The summed E-state index contributed by atoms with van der Waals surface area (Å²) in [5, 5.41) is 6.26. The van der Waals surface area contributed by atoms with Crippen molar-refractivity contribution in [2.45, 2.75) is 26.3 Å². The first-order chi connectivity index (χ1) is 11.0. The van der Waals surface area contributed by atoms with Crippen LogP contribution in [0.3, 0.4) is 0 Å². The first-order valence-corrected chi connectivity index (χ1v) is 7.85. The Kier molecular flexibility index (Phi) is 5.77. The second kappa shape index (κ2) is 7.79. The van der Waals surface area contributed by atoms with E-state index in [1.165, 1.54) is 0 Å². The molecule has 0 bridgehead atoms. The van der Waals surface area contributed by atoms with E-state index >= 15 is 0 Å². The molecule has 0 aromatic heterocycles. The lowest BCUT2D eigenvalue weighted by Crippen LogP contribution is -2.32. The lowest BCUT2D eigenvalue weighted by atomic mass is 10.1. The first kappa shape index (κ1) is 17.0. The highest BCUT2D eigenvalue weighted by Crippen LogP contribution is 2.15. The van der Waals surface area contributed by atoms with Gasteiger partial charge in [0.15, 0.2) is 0 Å². The Morgan fingerprint density at radius 3 is 2.26 bits per heavy atom. The van der Waals surface area contributed by atoms with Crippen molar-refractivity contribution < 1.29 is 9.59 Å². The maximum atomic E-state index is 12.3. The minimum Gasteiger partial charge on any atom is -0.350 e. The number of halogens is 1. The van der Waals surface area contributed by atoms with Crippen molar-refractivity contribution in [2.75, 3.05) is 5.32 Å². The zero-order chi connectivity index (χ0) is 16.8. The van der Waals surface area contributed by atoms with Gasteiger partial charge in [-0.25, -0.2) is 0 Å². The number of carbonyl (C=O) groups excluding carboxylic acids is 2. The predicted molar refractivity (Wildman–Crippen MR) is 93.1 cm³/mol. The monoisotopic (exact) mass is 330 g/mol. The fourth-order valence-corrected chi connectivity index (χ4v) is 2.07. The standard InChI is InChI=1S/C18H19ClN2O2/c1-3-12(2)20-17(22)13-5-4-6-14(11-13)18(23)21-16-9-7-15(19)8-10-16/h4-12H,3H2,1-2H3,(H,20,22)(H,21,23). The summed E-state index contributed by atoms with van der Waals surface area (Å²) in [5.41, 5.74) is 1.54. The summed E-state index contributed by atoms with van der Waals surface area (Å²) in [6, 6.07) is 13.6. The molecule has 0 aliphatic rings. The number of hydrogen-bond acceptors (Lipinski definition) is 2. The van der Waals surface area contributed by atoms with Crippen LogP contribution in [0.25, 0.3) is 0 Å². The normalized spacial score (nSPS) is 11.6. The van der Waals surface area contributed by atoms with Gasteiger partial charge >= 0.3 is 0 Å². The summed E-state index contributed by atoms with van der Waals surface area (Å²) in [5.74, 6) is -0.453. The molecule has 2 N–H and O–H groups in total. The summed E-state index contributed by atoms with van der Waals surface area (Å²) in [7, 11) is 0. The molecule has 1 unspecified atom stereocenters. The third-order valence-corrected chi connectivity index (χ3v) is 3.73. The Hall–Kier alpha value is -2.33. The van der Waals surface area contributed by atoms with Crippen LogP contribution >= 0.6 is 11.6 Å². The van der Waals surface area contributed by atoms with Crippen LogP contribution in [-0.2, 0) is 0 Å². The van der Waals surface area contributed by atoms with Crippen molar-refractivity contribution >= 4 is 29.1 Å². The molecule has 2 rings (SSSR count). The van der Waals surface area contributed by atoms with Crippen molar-refractivity contribution in [1.29, 1.82) is 0 Å². The Labute approximate surface area is 140 Å². The minimum atomic E-state index is -0.273. The number of amides is 2. The molecule has 0 saturated heterocycles. The second-order valence-electron chi connectivity index (χ2n) is 5.32. The number of carbonyl (C=O) groups is 2. The summed E-state index contributed by atoms with van der Waals surface area (Å²) in [6.07, 6.45) is 0.850. The highest BCUT2D eigenvalue weighted by atomic mass is 35.5. The Bertz CT molecular complexity index is 698. The van der Waals surface area contributed by atoms with E-state index in [2.05, 4.69) is 10.6 Å². The van der Waals surface area contributed by atoms with Gasteiger partial charge in [-0.05, 0) is 55.8 Å². The molecule has 2 amide bonds. The lowest BCUT2D eigenvalue weighted by molar-refractivity contribution is 0.0939. The molecule has 0 fully saturated rings. The Balaban J connectivity index is 2.10. The van der Waals surface area contributed by atoms with Crippen molar-refractivity contribution in [3.05, 3.63) is 64.7 Å². The average molecular weight is 331 g/mol. The minimum absolute atomic E-state index is 0.0917. The van der Waals surface area contributed by atoms with E-state index in [-0.39, 0.29) is 17.9 Å². The molecule has 0 aliphatic carbocycles. The topological polar surface area (TPSA) is 58.2 Å². The SMILES string of the molecule is CCC(C)NC(=O)c1cccc(C(=O)Nc2ccc(Cl)cc2)c1. The van der Waals surface area contributed by atoms with Gasteiger partial charge in [0.1, 0.15) is 0 Å². The van der Waals surface area contributed by atoms with Gasteiger partial charge in [0.05, 0.1) is 0 Å². The van der Waals surface area contributed by atoms with Crippen molar-refractivity contribution in [1.82, 2.24) is 5.32 Å². The van der Waals surface area contributed by atoms with Gasteiger partial charge < -0.3 is 10.6 Å². The smallest absolute Gasteiger partial charge is 0.255 e. The molecule has 1 atom stereocenters. The molecule has 2 aromatic carbocycles. The molecule has 0 spiro atoms. The number of hydrogen-bond donors (Lipinski definition) is 2. The van der Waals surface area contributed by atoms with Crippen LogP contribution in [0.2, 0.25) is 5.02 Å². The van der Waals surface area contributed by atoms with Crippen LogP contribution in [0.5, 0.6) is 0 Å². The Morgan fingerprint density at radius 2 is 1.65 bits per heavy atom. The molecule has 0 heterocycles. The fourth-order valence-electron chi connectivity index (χ4n) is 1.95. The van der Waals surface area contributed by atoms with Gasteiger partial charge in [-0.15, -0.1) is 0 Å². The van der Waals surface area contributed by atoms with Crippen LogP contribution in [0, 0.1) is 0 Å². The fraction of sp³-hybridized carbons (Fsp3) is 0.222. The second-order valence-corrected chi connectivity index (χ2v) is 5.76. The van der Waals surface area contributed by atoms with Gasteiger partial charge in [-0.3, -0.25) is 9.59 Å². The first-order valence-electron chi connectivity index (χ1n) is 7.47. The quantitative estimate of drug-likeness (QED) is 0.866. The molecule has 120 valence electrons. The van der Waals surface area contributed by atoms with Crippen LogP contribution in [0.4, 0.5) is 5.69 Å². The van der Waals surface area contributed by atoms with Gasteiger partial charge in [-0.2, -0.15) is 0 Å². The van der Waals surface area contributed by atoms with Crippen LogP contribution in [0.15, 0.2) is 48.5 Å². The van der Waals surface area contributed by atoms with E-state index < -0.39 is 0 Å². The van der Waals surface area contributed by atoms with Gasteiger partial charge in [0, 0.05) is 27.9 Å². The summed E-state index contributed by atoms with van der Waals surface area (Å²) < 4.78 is 0. The maximum absolute atomic E-state index is 12.3. The third kappa shape index (κ3) is 4.83. The molecule has 2 aromatic rings. The van der Waals surface area contributed by atoms with Crippen molar-refractivity contribution in [2.24, 2.45) is 0 Å². The Morgan fingerprint density at radius 1 is 1.04 bits per heavy atom. The zero-order valence-electron chi connectivity index (χ0n) is 13.1. The summed E-state index contributed by atoms with van der Waals surface area (Å²) >= 11 is 5.82. The molecule has 23 heavy (non-hydrogen) atoms. The number of rotatable bonds is 5. The molecule has 5 heteroatoms. The van der Waals surface area contributed by atoms with E-state index in [1.807, 2.05) is 13.8 Å². The van der Waals surface area contributed by atoms with Crippen molar-refractivity contribution in [3.8, 4) is 0 Å². The van der Waals surface area contributed by atoms with E-state index in [0.717, 1.165) is 6.42 Å². The molecular weight excluding hydrogens is 312 g/mol. The molecular formula is C18H19ClN2O2. The number of nitrogens with one attached hydrogen (secondary N) is 2. The predicted octanol–water partition coefficient (Wildman–Crippen LogP) is 4.12. The zero-order valence-corrected chi connectivity index (χ0v) is 13.9. The average Bonchev–Trinajstić information content (AvgIpc) is 2.56. The van der Waals surface area contributed by atoms with Crippen LogP contribution in [-0.4, -0.2) is 17.9 Å². The van der Waals surface area contributed by atoms with E-state index in [9.17, 15) is 9.59 Å². The van der Waals surface area contributed by atoms with Crippen LogP contribution < -0.4 is 10.6 Å². The highest BCUT2D eigenvalue weighted by Gasteiger charge is 2.12. The van der Waals surface area contributed by atoms with E-state index in [0.29, 0.717) is 21.8 Å². The van der Waals surface area contributed by atoms with Gasteiger partial charge in [0.2, 0.25) is 0 Å². The van der Waals surface area contributed by atoms with Gasteiger partial charge in [-0.1, -0.05) is 24.6 Å². The molecule has 0 saturated carbocycles. The maximum Gasteiger partial charge on any atom is 0.255 e. The lowest BCUT2D eigenvalue weighted by Gasteiger charge is -2.12. The third-order valence-electron chi connectivity index (χ3n) is 3.48. The van der Waals surface area contributed by atoms with Gasteiger partial charge in [0.25, 0.3) is 11.8 Å². The highest BCUT2D eigenvalue weighted by molar-refractivity contribution is 6.30. The molecule has 4 nitrogen and oxygen atoms in total. The van der Waals surface area contributed by atoms with Crippen LogP contribution in [0.1, 0.15) is 41.0 Å². The van der Waals surface area contributed by atoms with Crippen molar-refractivity contribution in [3.63, 3.8) is 0 Å². The number of anilines is 1.